The van der Waals surface area contributed by atoms with Crippen molar-refractivity contribution in [1.82, 2.24) is 19.5 Å². The Morgan fingerprint density at radius 1 is 0.311 bits per heavy atom. The molecule has 0 aliphatic carbocycles. The first-order chi connectivity index (χ1) is 30.3. The topological polar surface area (TPSA) is 43.6 Å². The highest BCUT2D eigenvalue weighted by atomic mass is 15.0. The highest BCUT2D eigenvalue weighted by Gasteiger charge is 2.22. The third-order valence-electron chi connectivity index (χ3n) is 12.0. The molecule has 4 heteroatoms. The summed E-state index contributed by atoms with van der Waals surface area (Å²) in [6.07, 6.45) is 0. The predicted octanol–water partition coefficient (Wildman–Crippen LogP) is 14.8. The van der Waals surface area contributed by atoms with Crippen molar-refractivity contribution < 1.29 is 0 Å². The van der Waals surface area contributed by atoms with E-state index in [0.717, 1.165) is 72.4 Å². The molecule has 0 aliphatic rings. The van der Waals surface area contributed by atoms with Crippen LogP contribution in [0.3, 0.4) is 0 Å². The number of para-hydroxylation sites is 2. The number of hydrogen-bond donors (Lipinski definition) is 0. The fourth-order valence-electron chi connectivity index (χ4n) is 9.21. The van der Waals surface area contributed by atoms with Gasteiger partial charge in [0.1, 0.15) is 0 Å². The van der Waals surface area contributed by atoms with E-state index in [4.69, 9.17) is 15.0 Å². The Kier molecular flexibility index (Phi) is 8.13. The highest BCUT2D eigenvalue weighted by molar-refractivity contribution is 6.34. The summed E-state index contributed by atoms with van der Waals surface area (Å²) in [5.41, 5.74) is 13.6. The number of pyridine rings is 1. The molecule has 284 valence electrons. The molecule has 61 heavy (non-hydrogen) atoms. The summed E-state index contributed by atoms with van der Waals surface area (Å²) in [4.78, 5) is 15.8. The Morgan fingerprint density at radius 3 is 1.51 bits per heavy atom. The maximum Gasteiger partial charge on any atom is 0.160 e. The number of fused-ring (bicyclic) bond motifs is 9. The molecule has 0 atom stereocenters. The van der Waals surface area contributed by atoms with Gasteiger partial charge in [-0.2, -0.15) is 0 Å². The lowest BCUT2D eigenvalue weighted by Crippen LogP contribution is -1.96. The van der Waals surface area contributed by atoms with Crippen molar-refractivity contribution in [3.8, 4) is 62.0 Å². The maximum atomic E-state index is 5.58. The summed E-state index contributed by atoms with van der Waals surface area (Å²) < 4.78 is 2.40. The van der Waals surface area contributed by atoms with Crippen LogP contribution in [0, 0.1) is 0 Å². The first kappa shape index (κ1) is 34.8. The van der Waals surface area contributed by atoms with Crippen LogP contribution in [0.15, 0.2) is 218 Å². The van der Waals surface area contributed by atoms with Crippen LogP contribution >= 0.6 is 0 Å². The van der Waals surface area contributed by atoms with E-state index in [9.17, 15) is 0 Å². The lowest BCUT2D eigenvalue weighted by Gasteiger charge is -2.17. The molecule has 0 fully saturated rings. The van der Waals surface area contributed by atoms with Gasteiger partial charge in [0.05, 0.1) is 33.6 Å². The second-order valence-electron chi connectivity index (χ2n) is 15.5. The van der Waals surface area contributed by atoms with E-state index in [1.807, 2.05) is 36.4 Å². The van der Waals surface area contributed by atoms with Crippen LogP contribution in [0.2, 0.25) is 0 Å². The molecule has 0 radical (unpaired) electrons. The molecule has 0 amide bonds. The maximum absolute atomic E-state index is 5.58. The van der Waals surface area contributed by atoms with Crippen LogP contribution in [0.25, 0.3) is 116 Å². The Bertz CT molecular complexity index is 3540. The van der Waals surface area contributed by atoms with Gasteiger partial charge < -0.3 is 4.57 Å². The molecule has 0 aliphatic heterocycles. The fourth-order valence-corrected chi connectivity index (χ4v) is 9.21. The molecule has 3 aromatic heterocycles. The Morgan fingerprint density at radius 2 is 0.852 bits per heavy atom. The molecule has 9 aromatic carbocycles. The molecule has 0 spiro atoms. The minimum atomic E-state index is 0.689. The van der Waals surface area contributed by atoms with Crippen LogP contribution in [-0.4, -0.2) is 19.5 Å². The van der Waals surface area contributed by atoms with E-state index >= 15 is 0 Å². The fraction of sp³-hybridized carbons (Fsp3) is 0. The highest BCUT2D eigenvalue weighted by Crippen LogP contribution is 2.46. The molecule has 0 bridgehead atoms. The first-order valence-electron chi connectivity index (χ1n) is 20.7. The number of benzene rings is 9. The average Bonchev–Trinajstić information content (AvgIpc) is 3.69. The second-order valence-corrected chi connectivity index (χ2v) is 15.5. The second kappa shape index (κ2) is 14.3. The summed E-state index contributed by atoms with van der Waals surface area (Å²) in [6, 6.07) is 77.2. The third kappa shape index (κ3) is 5.80. The number of nitrogens with zero attached hydrogens (tertiary/aromatic N) is 4. The summed E-state index contributed by atoms with van der Waals surface area (Å²) in [7, 11) is 0. The van der Waals surface area contributed by atoms with Crippen LogP contribution in [0.4, 0.5) is 0 Å². The Hall–Kier alpha value is -8.21. The van der Waals surface area contributed by atoms with Gasteiger partial charge in [0.2, 0.25) is 0 Å². The number of rotatable bonds is 6. The zero-order valence-electron chi connectivity index (χ0n) is 33.1. The Labute approximate surface area is 352 Å². The van der Waals surface area contributed by atoms with E-state index in [1.54, 1.807) is 0 Å². The normalized spacial score (nSPS) is 11.6. The molecule has 12 rings (SSSR count). The van der Waals surface area contributed by atoms with E-state index in [2.05, 4.69) is 187 Å². The summed E-state index contributed by atoms with van der Waals surface area (Å²) >= 11 is 0. The molecule has 0 saturated carbocycles. The van der Waals surface area contributed by atoms with Crippen molar-refractivity contribution in [1.29, 1.82) is 0 Å². The summed E-state index contributed by atoms with van der Waals surface area (Å²) in [6.45, 7) is 0. The van der Waals surface area contributed by atoms with Gasteiger partial charge in [-0.05, 0) is 58.3 Å². The number of hydrogen-bond acceptors (Lipinski definition) is 3. The van der Waals surface area contributed by atoms with E-state index in [0.29, 0.717) is 5.82 Å². The molecule has 0 saturated heterocycles. The van der Waals surface area contributed by atoms with Gasteiger partial charge in [-0.1, -0.05) is 182 Å². The largest absolute Gasteiger partial charge is 0.309 e. The zero-order valence-corrected chi connectivity index (χ0v) is 33.1. The standard InChI is InChI=1S/C57H36N4/c1-5-17-38(18-6-1)48-36-49(39-19-7-2-8-20-39)60-57(59-48)41-31-29-37(30-32-41)47-35-50-53(44-26-14-13-25-43(44)47)55-46(56(58-50)40-21-9-3-10-22-40)33-34-52-54(55)45-27-15-16-28-51(45)61(52)42-23-11-4-12-24-42/h1-36H. The predicted molar refractivity (Wildman–Crippen MR) is 254 cm³/mol. The van der Waals surface area contributed by atoms with Crippen LogP contribution < -0.4 is 0 Å². The third-order valence-corrected chi connectivity index (χ3v) is 12.0. The molecular formula is C57H36N4. The summed E-state index contributed by atoms with van der Waals surface area (Å²) in [5, 5.41) is 8.31. The van der Waals surface area contributed by atoms with Crippen LogP contribution in [0.5, 0.6) is 0 Å². The lowest BCUT2D eigenvalue weighted by molar-refractivity contribution is 1.18. The minimum Gasteiger partial charge on any atom is -0.309 e. The number of aromatic nitrogens is 4. The van der Waals surface area contributed by atoms with Gasteiger partial charge in [0.25, 0.3) is 0 Å². The monoisotopic (exact) mass is 776 g/mol. The van der Waals surface area contributed by atoms with Crippen molar-refractivity contribution in [2.24, 2.45) is 0 Å². The van der Waals surface area contributed by atoms with Crippen molar-refractivity contribution >= 4 is 54.3 Å². The lowest BCUT2D eigenvalue weighted by atomic mass is 9.90. The molecular weight excluding hydrogens is 741 g/mol. The zero-order chi connectivity index (χ0) is 40.3. The van der Waals surface area contributed by atoms with Crippen LogP contribution in [-0.2, 0) is 0 Å². The average molecular weight is 777 g/mol. The van der Waals surface area contributed by atoms with Crippen molar-refractivity contribution in [2.75, 3.05) is 0 Å². The quantitative estimate of drug-likeness (QED) is 0.158. The molecule has 12 aromatic rings. The van der Waals surface area contributed by atoms with Gasteiger partial charge in [0, 0.05) is 54.9 Å². The van der Waals surface area contributed by atoms with E-state index in [1.165, 1.54) is 38.0 Å². The molecule has 3 heterocycles. The van der Waals surface area contributed by atoms with Gasteiger partial charge >= 0.3 is 0 Å². The van der Waals surface area contributed by atoms with Crippen LogP contribution in [0.1, 0.15) is 0 Å². The van der Waals surface area contributed by atoms with Crippen molar-refractivity contribution in [3.63, 3.8) is 0 Å². The molecule has 4 nitrogen and oxygen atoms in total. The summed E-state index contributed by atoms with van der Waals surface area (Å²) in [5.74, 6) is 0.689. The van der Waals surface area contributed by atoms with E-state index < -0.39 is 0 Å². The molecule has 0 unspecified atom stereocenters. The van der Waals surface area contributed by atoms with Gasteiger partial charge in [0.15, 0.2) is 5.82 Å². The van der Waals surface area contributed by atoms with Gasteiger partial charge in [-0.25, -0.2) is 15.0 Å². The first-order valence-corrected chi connectivity index (χ1v) is 20.7. The van der Waals surface area contributed by atoms with Crippen molar-refractivity contribution in [2.45, 2.75) is 0 Å². The minimum absolute atomic E-state index is 0.689. The molecule has 0 N–H and O–H groups in total. The van der Waals surface area contributed by atoms with Gasteiger partial charge in [-0.15, -0.1) is 0 Å². The smallest absolute Gasteiger partial charge is 0.160 e. The van der Waals surface area contributed by atoms with E-state index in [-0.39, 0.29) is 0 Å². The SMILES string of the molecule is c1ccc(-c2cc(-c3ccccc3)nc(-c3ccc(-c4cc5nc(-c6ccccc6)c6ccc7c(c8ccccc8n7-c7ccccc7)c6c5c5ccccc45)cc3)n2)cc1. The van der Waals surface area contributed by atoms with Gasteiger partial charge in [-0.3, -0.25) is 0 Å². The van der Waals surface area contributed by atoms with Crippen molar-refractivity contribution in [3.05, 3.63) is 218 Å². The Balaban J connectivity index is 1.10.